The van der Waals surface area contributed by atoms with Crippen molar-refractivity contribution in [3.63, 3.8) is 0 Å². The molecule has 0 heterocycles. The minimum absolute atomic E-state index is 0.178. The van der Waals surface area contributed by atoms with E-state index in [-0.39, 0.29) is 12.0 Å². The van der Waals surface area contributed by atoms with Crippen LogP contribution in [0.15, 0.2) is 24.3 Å². The summed E-state index contributed by atoms with van der Waals surface area (Å²) in [5.74, 6) is 0.0851. The average molecular weight is 272 g/mol. The van der Waals surface area contributed by atoms with Gasteiger partial charge < -0.3 is 0 Å². The molecule has 4 heteroatoms. The third kappa shape index (κ3) is 4.69. The maximum absolute atomic E-state index is 12.8. The van der Waals surface area contributed by atoms with E-state index in [0.717, 1.165) is 18.9 Å². The van der Waals surface area contributed by atoms with Crippen molar-refractivity contribution in [1.82, 2.24) is 0 Å². The third-order valence-electron chi connectivity index (χ3n) is 3.33. The van der Waals surface area contributed by atoms with E-state index < -0.39 is 17.5 Å². The predicted octanol–water partition coefficient (Wildman–Crippen LogP) is 5.10. The van der Waals surface area contributed by atoms with E-state index in [1.54, 1.807) is 0 Å². The molecule has 0 bridgehead atoms. The van der Waals surface area contributed by atoms with Crippen molar-refractivity contribution in [1.29, 1.82) is 0 Å². The van der Waals surface area contributed by atoms with Crippen molar-refractivity contribution in [3.05, 3.63) is 35.4 Å². The molecule has 1 aromatic rings. The minimum atomic E-state index is -4.47. The fourth-order valence-corrected chi connectivity index (χ4v) is 1.92. The van der Waals surface area contributed by atoms with Gasteiger partial charge in [-0.1, -0.05) is 44.9 Å². The molecule has 0 saturated carbocycles. The van der Waals surface area contributed by atoms with Gasteiger partial charge >= 0.3 is 6.18 Å². The van der Waals surface area contributed by atoms with Crippen LogP contribution in [0.2, 0.25) is 0 Å². The highest BCUT2D eigenvalue weighted by Crippen LogP contribution is 2.32. The van der Waals surface area contributed by atoms with E-state index in [9.17, 15) is 18.0 Å². The van der Waals surface area contributed by atoms with Crippen LogP contribution in [0, 0.1) is 5.92 Å². The molecule has 106 valence electrons. The van der Waals surface area contributed by atoms with Crippen LogP contribution in [0.5, 0.6) is 0 Å². The second-order valence-corrected chi connectivity index (χ2v) is 4.87. The lowest BCUT2D eigenvalue weighted by molar-refractivity contribution is -0.137. The molecule has 1 rings (SSSR count). The first kappa shape index (κ1) is 15.7. The Kier molecular flexibility index (Phi) is 5.58. The molecule has 1 nitrogen and oxygen atoms in total. The molecule has 0 fully saturated rings. The normalized spacial score (nSPS) is 13.3. The Morgan fingerprint density at radius 2 is 1.89 bits per heavy atom. The first-order valence-electron chi connectivity index (χ1n) is 6.55. The van der Waals surface area contributed by atoms with E-state index in [1.165, 1.54) is 18.2 Å². The van der Waals surface area contributed by atoms with Crippen molar-refractivity contribution < 1.29 is 18.0 Å². The largest absolute Gasteiger partial charge is 0.417 e. The first-order chi connectivity index (χ1) is 8.86. The fraction of sp³-hybridized carbons (Fsp3) is 0.533. The highest BCUT2D eigenvalue weighted by atomic mass is 19.4. The molecule has 0 aliphatic carbocycles. The fourth-order valence-electron chi connectivity index (χ4n) is 1.92. The van der Waals surface area contributed by atoms with Crippen LogP contribution in [-0.4, -0.2) is 5.78 Å². The number of hydrogen-bond donors (Lipinski definition) is 0. The van der Waals surface area contributed by atoms with Crippen molar-refractivity contribution in [2.75, 3.05) is 0 Å². The molecule has 0 spiro atoms. The lowest BCUT2D eigenvalue weighted by Crippen LogP contribution is -2.13. The summed E-state index contributed by atoms with van der Waals surface area (Å²) in [6.07, 6.45) is -1.76. The summed E-state index contributed by atoms with van der Waals surface area (Å²) in [7, 11) is 0. The van der Waals surface area contributed by atoms with Gasteiger partial charge in [0.2, 0.25) is 0 Å². The summed E-state index contributed by atoms with van der Waals surface area (Å²) in [6.45, 7) is 4.14. The predicted molar refractivity (Wildman–Crippen MR) is 69.1 cm³/mol. The molecule has 0 N–H and O–H groups in total. The van der Waals surface area contributed by atoms with Crippen LogP contribution >= 0.6 is 0 Å². The quantitative estimate of drug-likeness (QED) is 0.658. The molecular formula is C15H19F3O. The number of ketones is 1. The van der Waals surface area contributed by atoms with Gasteiger partial charge in [0.05, 0.1) is 5.56 Å². The Bertz CT molecular complexity index is 424. The molecule has 0 radical (unpaired) electrons. The Balaban J connectivity index is 2.72. The molecular weight excluding hydrogens is 253 g/mol. The maximum atomic E-state index is 12.8. The molecule has 1 atom stereocenters. The summed E-state index contributed by atoms with van der Waals surface area (Å²) >= 11 is 0. The van der Waals surface area contributed by atoms with E-state index in [2.05, 4.69) is 13.8 Å². The Morgan fingerprint density at radius 3 is 2.47 bits per heavy atom. The Morgan fingerprint density at radius 1 is 1.26 bits per heavy atom. The van der Waals surface area contributed by atoms with E-state index >= 15 is 0 Å². The van der Waals surface area contributed by atoms with Gasteiger partial charge in [-0.15, -0.1) is 0 Å². The van der Waals surface area contributed by atoms with Crippen molar-refractivity contribution >= 4 is 5.78 Å². The molecule has 0 saturated heterocycles. The molecule has 0 aliphatic rings. The summed E-state index contributed by atoms with van der Waals surface area (Å²) in [5.41, 5.74) is -1.04. The van der Waals surface area contributed by atoms with Crippen LogP contribution in [0.25, 0.3) is 0 Å². The molecule has 0 amide bonds. The summed E-state index contributed by atoms with van der Waals surface area (Å²) in [6, 6.07) is 4.99. The zero-order chi connectivity index (χ0) is 14.5. The summed E-state index contributed by atoms with van der Waals surface area (Å²) in [4.78, 5) is 11.9. The second-order valence-electron chi connectivity index (χ2n) is 4.87. The molecule has 0 aliphatic heterocycles. The van der Waals surface area contributed by atoms with E-state index in [4.69, 9.17) is 0 Å². The molecule has 19 heavy (non-hydrogen) atoms. The van der Waals surface area contributed by atoms with Crippen LogP contribution < -0.4 is 0 Å². The van der Waals surface area contributed by atoms with Gasteiger partial charge in [-0.2, -0.15) is 13.2 Å². The van der Waals surface area contributed by atoms with Crippen LogP contribution in [0.3, 0.4) is 0 Å². The Labute approximate surface area is 111 Å². The zero-order valence-corrected chi connectivity index (χ0v) is 11.3. The number of hydrogen-bond acceptors (Lipinski definition) is 1. The number of alkyl halides is 3. The molecule has 1 aromatic carbocycles. The number of carbonyl (C=O) groups excluding carboxylic acids is 1. The van der Waals surface area contributed by atoms with Gasteiger partial charge in [-0.25, -0.2) is 0 Å². The van der Waals surface area contributed by atoms with Crippen LogP contribution in [0.1, 0.15) is 55.5 Å². The first-order valence-corrected chi connectivity index (χ1v) is 6.55. The highest BCUT2D eigenvalue weighted by Gasteiger charge is 2.34. The van der Waals surface area contributed by atoms with Crippen molar-refractivity contribution in [3.8, 4) is 0 Å². The van der Waals surface area contributed by atoms with E-state index in [0.29, 0.717) is 12.3 Å². The monoisotopic (exact) mass is 272 g/mol. The number of Topliss-reactive ketones (excluding diaryl/α,β-unsaturated/α-hetero) is 1. The lowest BCUT2D eigenvalue weighted by atomic mass is 9.96. The summed E-state index contributed by atoms with van der Waals surface area (Å²) < 4.78 is 38.3. The third-order valence-corrected chi connectivity index (χ3v) is 3.33. The number of halogens is 3. The standard InChI is InChI=1S/C15H19F3O/c1-3-11(2)7-6-10-14(19)12-8-4-5-9-13(12)15(16,17)18/h4-5,8-9,11H,3,6-7,10H2,1-2H3/t11-/m0/s1. The number of benzene rings is 1. The minimum Gasteiger partial charge on any atom is -0.294 e. The Hall–Kier alpha value is -1.32. The van der Waals surface area contributed by atoms with Crippen LogP contribution in [0.4, 0.5) is 13.2 Å². The van der Waals surface area contributed by atoms with Crippen molar-refractivity contribution in [2.45, 2.75) is 45.7 Å². The van der Waals surface area contributed by atoms with Crippen LogP contribution in [-0.2, 0) is 6.18 Å². The lowest BCUT2D eigenvalue weighted by Gasteiger charge is -2.12. The smallest absolute Gasteiger partial charge is 0.294 e. The van der Waals surface area contributed by atoms with Gasteiger partial charge in [-0.3, -0.25) is 4.79 Å². The molecule has 0 unspecified atom stereocenters. The summed E-state index contributed by atoms with van der Waals surface area (Å²) in [5, 5.41) is 0. The SMILES string of the molecule is CC[C@H](C)CCCC(=O)c1ccccc1C(F)(F)F. The zero-order valence-electron chi connectivity index (χ0n) is 11.3. The van der Waals surface area contributed by atoms with E-state index in [1.807, 2.05) is 0 Å². The number of rotatable bonds is 6. The van der Waals surface area contributed by atoms with Gasteiger partial charge in [0.15, 0.2) is 5.78 Å². The van der Waals surface area contributed by atoms with Gasteiger partial charge in [0.1, 0.15) is 0 Å². The maximum Gasteiger partial charge on any atom is 0.417 e. The average Bonchev–Trinajstić information content (AvgIpc) is 2.37. The van der Waals surface area contributed by atoms with Gasteiger partial charge in [-0.05, 0) is 18.4 Å². The van der Waals surface area contributed by atoms with Gasteiger partial charge in [0.25, 0.3) is 0 Å². The topological polar surface area (TPSA) is 17.1 Å². The number of carbonyl (C=O) groups is 1. The second kappa shape index (κ2) is 6.73. The van der Waals surface area contributed by atoms with Gasteiger partial charge in [0, 0.05) is 12.0 Å². The molecule has 0 aromatic heterocycles. The highest BCUT2D eigenvalue weighted by molar-refractivity contribution is 5.97. The van der Waals surface area contributed by atoms with Crippen molar-refractivity contribution in [2.24, 2.45) is 5.92 Å².